The fourth-order valence-electron chi connectivity index (χ4n) is 0.645. The molecule has 1 amide bonds. The largest absolute Gasteiger partial charge is 0.269 e. The molecule has 0 aliphatic carbocycles. The molecule has 1 rings (SSSR count). The molecule has 3 nitrogen and oxygen atoms in total. The third-order valence-electron chi connectivity index (χ3n) is 1.08. The van der Waals surface area contributed by atoms with Gasteiger partial charge in [0.05, 0.1) is 0 Å². The number of carbonyl (C=O) groups excluding carboxylic acids is 1. The summed E-state index contributed by atoms with van der Waals surface area (Å²) in [6.07, 6.45) is 1.33. The van der Waals surface area contributed by atoms with E-state index in [0.717, 1.165) is 0 Å². The van der Waals surface area contributed by atoms with Gasteiger partial charge in [0.25, 0.3) is 5.91 Å². The van der Waals surface area contributed by atoms with Crippen LogP contribution in [0, 0.1) is 0 Å². The Hall–Kier alpha value is -0.640. The van der Waals surface area contributed by atoms with Crippen molar-refractivity contribution in [2.75, 3.05) is 6.54 Å². The summed E-state index contributed by atoms with van der Waals surface area (Å²) in [5.41, 5.74) is 0. The first-order valence-electron chi connectivity index (χ1n) is 2.66. The summed E-state index contributed by atoms with van der Waals surface area (Å²) >= 11 is 0. The molecule has 1 atom stereocenters. The van der Waals surface area contributed by atoms with Crippen LogP contribution in [0.5, 0.6) is 0 Å². The molecule has 1 aliphatic rings. The van der Waals surface area contributed by atoms with Crippen molar-refractivity contribution in [3.63, 3.8) is 0 Å². The highest BCUT2D eigenvalue weighted by atomic mass is 32.2. The SMILES string of the molecule is CCN1C(=O)C=CS1=O. The highest BCUT2D eigenvalue weighted by Gasteiger charge is 2.19. The van der Waals surface area contributed by atoms with Crippen molar-refractivity contribution in [1.29, 1.82) is 0 Å². The van der Waals surface area contributed by atoms with Crippen molar-refractivity contribution in [2.45, 2.75) is 6.92 Å². The molecule has 0 saturated carbocycles. The van der Waals surface area contributed by atoms with Crippen molar-refractivity contribution in [3.05, 3.63) is 11.5 Å². The highest BCUT2D eigenvalue weighted by molar-refractivity contribution is 7.86. The van der Waals surface area contributed by atoms with E-state index >= 15 is 0 Å². The van der Waals surface area contributed by atoms with Crippen LogP contribution in [-0.4, -0.2) is 21.0 Å². The van der Waals surface area contributed by atoms with Crippen LogP contribution in [0.25, 0.3) is 0 Å². The van der Waals surface area contributed by atoms with Crippen molar-refractivity contribution in [3.8, 4) is 0 Å². The van der Waals surface area contributed by atoms with E-state index in [1.807, 2.05) is 0 Å². The van der Waals surface area contributed by atoms with Gasteiger partial charge in [-0.1, -0.05) is 0 Å². The Labute approximate surface area is 55.9 Å². The topological polar surface area (TPSA) is 37.4 Å². The van der Waals surface area contributed by atoms with Crippen LogP contribution in [0.1, 0.15) is 6.92 Å². The molecule has 0 saturated heterocycles. The van der Waals surface area contributed by atoms with Crippen molar-refractivity contribution >= 4 is 16.9 Å². The number of nitrogens with zero attached hydrogens (tertiary/aromatic N) is 1. The smallest absolute Gasteiger partial charge is 0.259 e. The Kier molecular flexibility index (Phi) is 1.66. The van der Waals surface area contributed by atoms with Gasteiger partial charge in [-0.05, 0) is 6.92 Å². The Morgan fingerprint density at radius 1 is 1.78 bits per heavy atom. The average Bonchev–Trinajstić information content (AvgIpc) is 2.12. The summed E-state index contributed by atoms with van der Waals surface area (Å²) in [6.45, 7) is 2.31. The lowest BCUT2D eigenvalue weighted by atomic mass is 10.6. The maximum atomic E-state index is 10.7. The van der Waals surface area contributed by atoms with Crippen molar-refractivity contribution in [2.24, 2.45) is 0 Å². The number of rotatable bonds is 1. The summed E-state index contributed by atoms with van der Waals surface area (Å²) in [5, 5.41) is 1.39. The molecular weight excluding hydrogens is 138 g/mol. The Morgan fingerprint density at radius 3 is 2.67 bits per heavy atom. The summed E-state index contributed by atoms with van der Waals surface area (Å²) < 4.78 is 12.0. The first-order valence-corrected chi connectivity index (χ1v) is 3.83. The van der Waals surface area contributed by atoms with Gasteiger partial charge in [0.2, 0.25) is 0 Å². The van der Waals surface area contributed by atoms with Gasteiger partial charge in [0, 0.05) is 18.0 Å². The van der Waals surface area contributed by atoms with E-state index in [1.165, 1.54) is 15.8 Å². The second kappa shape index (κ2) is 2.31. The second-order valence-electron chi connectivity index (χ2n) is 1.61. The van der Waals surface area contributed by atoms with Gasteiger partial charge in [-0.3, -0.25) is 9.10 Å². The van der Waals surface area contributed by atoms with Gasteiger partial charge in [-0.2, -0.15) is 0 Å². The van der Waals surface area contributed by atoms with Gasteiger partial charge in [-0.15, -0.1) is 0 Å². The molecule has 0 N–H and O–H groups in total. The standard InChI is InChI=1S/C5H7NO2S/c1-2-6-5(7)3-4-9(6)8/h3-4H,2H2,1H3. The van der Waals surface area contributed by atoms with E-state index in [2.05, 4.69) is 0 Å². The Balaban J connectivity index is 2.75. The summed E-state index contributed by atoms with van der Waals surface area (Å²) in [7, 11) is -1.19. The zero-order valence-electron chi connectivity index (χ0n) is 5.03. The second-order valence-corrected chi connectivity index (χ2v) is 2.88. The first kappa shape index (κ1) is 6.48. The third kappa shape index (κ3) is 1.03. The summed E-state index contributed by atoms with van der Waals surface area (Å²) in [6, 6.07) is 0. The molecular formula is C5H7NO2S. The third-order valence-corrected chi connectivity index (χ3v) is 2.32. The molecule has 0 spiro atoms. The van der Waals surface area contributed by atoms with Crippen LogP contribution >= 0.6 is 0 Å². The fraction of sp³-hybridized carbons (Fsp3) is 0.400. The predicted octanol–water partition coefficient (Wildman–Crippen LogP) is 0.0259. The van der Waals surface area contributed by atoms with E-state index in [4.69, 9.17) is 0 Å². The molecule has 0 aromatic heterocycles. The monoisotopic (exact) mass is 145 g/mol. The van der Waals surface area contributed by atoms with Crippen LogP contribution in [0.2, 0.25) is 0 Å². The van der Waals surface area contributed by atoms with Gasteiger partial charge in [0.15, 0.2) is 0 Å². The predicted molar refractivity (Wildman–Crippen MR) is 34.7 cm³/mol. The van der Waals surface area contributed by atoms with Gasteiger partial charge >= 0.3 is 0 Å². The van der Waals surface area contributed by atoms with Crippen molar-refractivity contribution in [1.82, 2.24) is 4.31 Å². The maximum Gasteiger partial charge on any atom is 0.259 e. The van der Waals surface area contributed by atoms with Gasteiger partial charge in [-0.25, -0.2) is 4.21 Å². The van der Waals surface area contributed by atoms with E-state index in [1.54, 1.807) is 6.92 Å². The molecule has 9 heavy (non-hydrogen) atoms. The zero-order valence-corrected chi connectivity index (χ0v) is 5.85. The maximum absolute atomic E-state index is 10.7. The zero-order chi connectivity index (χ0) is 6.85. The van der Waals surface area contributed by atoms with Crippen molar-refractivity contribution < 1.29 is 9.00 Å². The molecule has 0 aromatic rings. The lowest BCUT2D eigenvalue weighted by Gasteiger charge is -2.08. The first-order chi connectivity index (χ1) is 4.25. The molecule has 0 fully saturated rings. The lowest BCUT2D eigenvalue weighted by Crippen LogP contribution is -2.25. The van der Waals surface area contributed by atoms with E-state index in [0.29, 0.717) is 6.54 Å². The van der Waals surface area contributed by atoms with Crippen LogP contribution in [0.3, 0.4) is 0 Å². The highest BCUT2D eigenvalue weighted by Crippen LogP contribution is 2.05. The summed E-state index contributed by atoms with van der Waals surface area (Å²) in [4.78, 5) is 10.7. The van der Waals surface area contributed by atoms with E-state index in [9.17, 15) is 9.00 Å². The number of hydrogen-bond acceptors (Lipinski definition) is 2. The normalized spacial score (nSPS) is 25.7. The average molecular weight is 145 g/mol. The molecule has 0 aromatic carbocycles. The Bertz CT molecular complexity index is 169. The van der Waals surface area contributed by atoms with Gasteiger partial charge < -0.3 is 0 Å². The van der Waals surface area contributed by atoms with Gasteiger partial charge in [0.1, 0.15) is 11.0 Å². The minimum atomic E-state index is -1.19. The fourth-order valence-corrected chi connectivity index (χ4v) is 1.52. The Morgan fingerprint density at radius 2 is 2.44 bits per heavy atom. The number of likely N-dealkylation sites (N-methyl/N-ethyl adjacent to an activating group) is 1. The molecule has 50 valence electrons. The lowest BCUT2D eigenvalue weighted by molar-refractivity contribution is -0.120. The molecule has 1 heterocycles. The number of carbonyl (C=O) groups is 1. The summed E-state index contributed by atoms with van der Waals surface area (Å²) in [5.74, 6) is -0.157. The number of hydrogen-bond donors (Lipinski definition) is 0. The molecule has 0 bridgehead atoms. The molecule has 4 heteroatoms. The molecule has 1 aliphatic heterocycles. The number of amides is 1. The molecule has 0 radical (unpaired) electrons. The minimum Gasteiger partial charge on any atom is -0.269 e. The van der Waals surface area contributed by atoms with Crippen LogP contribution in [0.4, 0.5) is 0 Å². The van der Waals surface area contributed by atoms with E-state index in [-0.39, 0.29) is 5.91 Å². The van der Waals surface area contributed by atoms with E-state index < -0.39 is 11.0 Å². The van der Waals surface area contributed by atoms with Crippen LogP contribution < -0.4 is 0 Å². The van der Waals surface area contributed by atoms with Crippen LogP contribution in [-0.2, 0) is 15.8 Å². The van der Waals surface area contributed by atoms with Crippen LogP contribution in [0.15, 0.2) is 11.5 Å². The molecule has 1 unspecified atom stereocenters. The minimum absolute atomic E-state index is 0.157. The quantitative estimate of drug-likeness (QED) is 0.522.